The second-order valence-corrected chi connectivity index (χ2v) is 10.8. The van der Waals surface area contributed by atoms with Crippen LogP contribution in [0.15, 0.2) is 53.4 Å². The Bertz CT molecular complexity index is 1110. The summed E-state index contributed by atoms with van der Waals surface area (Å²) in [4.78, 5) is 24.3. The number of alkyl carbamates (subject to hydrolysis) is 1. The summed E-state index contributed by atoms with van der Waals surface area (Å²) in [6.07, 6.45) is 1.24. The van der Waals surface area contributed by atoms with Gasteiger partial charge in [-0.05, 0) is 69.9 Å². The summed E-state index contributed by atoms with van der Waals surface area (Å²) in [5.74, 6) is -0.0387. The monoisotopic (exact) mass is 474 g/mol. The number of hydrogen-bond donors (Lipinski definition) is 4. The first-order valence-corrected chi connectivity index (χ1v) is 12.2. The van der Waals surface area contributed by atoms with Gasteiger partial charge in [0.1, 0.15) is 5.60 Å². The van der Waals surface area contributed by atoms with Gasteiger partial charge in [0.15, 0.2) is 0 Å². The Labute approximate surface area is 194 Å². The van der Waals surface area contributed by atoms with Crippen LogP contribution in [0.3, 0.4) is 0 Å². The van der Waals surface area contributed by atoms with Crippen LogP contribution in [-0.4, -0.2) is 32.1 Å². The zero-order valence-corrected chi connectivity index (χ0v) is 19.7. The van der Waals surface area contributed by atoms with Crippen LogP contribution in [0.1, 0.15) is 40.0 Å². The van der Waals surface area contributed by atoms with Crippen molar-refractivity contribution in [1.82, 2.24) is 5.32 Å². The van der Waals surface area contributed by atoms with Crippen molar-refractivity contribution in [1.29, 1.82) is 0 Å². The van der Waals surface area contributed by atoms with Gasteiger partial charge in [-0.3, -0.25) is 9.52 Å². The van der Waals surface area contributed by atoms with Crippen molar-refractivity contribution in [3.05, 3.63) is 48.5 Å². The van der Waals surface area contributed by atoms with Crippen LogP contribution in [-0.2, 0) is 19.6 Å². The van der Waals surface area contributed by atoms with E-state index < -0.39 is 21.7 Å². The van der Waals surface area contributed by atoms with Crippen LogP contribution in [0.25, 0.3) is 0 Å². The maximum atomic E-state index is 12.4. The largest absolute Gasteiger partial charge is 0.444 e. The molecule has 1 aliphatic carbocycles. The Morgan fingerprint density at radius 2 is 1.76 bits per heavy atom. The average Bonchev–Trinajstić information content (AvgIpc) is 2.67. The van der Waals surface area contributed by atoms with Gasteiger partial charge in [0, 0.05) is 12.5 Å². The zero-order chi connectivity index (χ0) is 24.2. The number of sulfonamides is 1. The number of ether oxygens (including phenoxy) is 1. The van der Waals surface area contributed by atoms with Crippen LogP contribution in [0.5, 0.6) is 0 Å². The van der Waals surface area contributed by atoms with Gasteiger partial charge in [-0.1, -0.05) is 18.2 Å². The minimum atomic E-state index is -3.73. The van der Waals surface area contributed by atoms with Crippen molar-refractivity contribution in [3.63, 3.8) is 0 Å². The predicted molar refractivity (Wildman–Crippen MR) is 127 cm³/mol. The number of amides is 2. The summed E-state index contributed by atoms with van der Waals surface area (Å²) in [6, 6.07) is 12.6. The molecule has 0 heterocycles. The minimum absolute atomic E-state index is 0.000333. The van der Waals surface area contributed by atoms with E-state index in [9.17, 15) is 18.0 Å². The van der Waals surface area contributed by atoms with Crippen molar-refractivity contribution in [2.24, 2.45) is 5.92 Å². The average molecular weight is 475 g/mol. The number of anilines is 3. The molecule has 2 aromatic carbocycles. The lowest BCUT2D eigenvalue weighted by atomic mass is 9.78. The molecule has 1 saturated carbocycles. The molecule has 9 nitrogen and oxygen atoms in total. The number of nitrogen functional groups attached to an aromatic ring is 1. The first-order valence-electron chi connectivity index (χ1n) is 10.7. The smallest absolute Gasteiger partial charge is 0.407 e. The molecule has 3 rings (SSSR count). The highest BCUT2D eigenvalue weighted by atomic mass is 32.2. The fourth-order valence-electron chi connectivity index (χ4n) is 3.51. The number of carbonyl (C=O) groups excluding carboxylic acids is 2. The van der Waals surface area contributed by atoms with E-state index >= 15 is 0 Å². The third-order valence-corrected chi connectivity index (χ3v) is 6.46. The Balaban J connectivity index is 1.48. The summed E-state index contributed by atoms with van der Waals surface area (Å²) in [5, 5.41) is 5.57. The lowest BCUT2D eigenvalue weighted by Crippen LogP contribution is -2.46. The van der Waals surface area contributed by atoms with Crippen molar-refractivity contribution < 1.29 is 22.7 Å². The molecule has 0 spiro atoms. The number of nitrogens with two attached hydrogens (primary N) is 1. The van der Waals surface area contributed by atoms with Gasteiger partial charge in [0.05, 0.1) is 22.0 Å². The first-order chi connectivity index (χ1) is 15.4. The van der Waals surface area contributed by atoms with Crippen molar-refractivity contribution in [2.45, 2.75) is 56.6 Å². The van der Waals surface area contributed by atoms with Gasteiger partial charge in [0.25, 0.3) is 10.0 Å². The molecule has 5 N–H and O–H groups in total. The maximum Gasteiger partial charge on any atom is 0.407 e. The normalized spacial score (nSPS) is 18.0. The number of hydrogen-bond acceptors (Lipinski definition) is 6. The molecule has 2 amide bonds. The Morgan fingerprint density at radius 1 is 1.09 bits per heavy atom. The molecule has 0 aliphatic heterocycles. The van der Waals surface area contributed by atoms with Crippen LogP contribution < -0.4 is 21.1 Å². The molecule has 1 aliphatic rings. The Kier molecular flexibility index (Phi) is 7.16. The number of rotatable bonds is 7. The van der Waals surface area contributed by atoms with Crippen molar-refractivity contribution in [2.75, 3.05) is 15.8 Å². The van der Waals surface area contributed by atoms with Gasteiger partial charge in [-0.2, -0.15) is 0 Å². The topological polar surface area (TPSA) is 140 Å². The van der Waals surface area contributed by atoms with Crippen LogP contribution in [0.4, 0.5) is 21.9 Å². The lowest BCUT2D eigenvalue weighted by molar-refractivity contribution is -0.117. The van der Waals surface area contributed by atoms with E-state index in [0.717, 1.165) is 0 Å². The van der Waals surface area contributed by atoms with E-state index in [1.165, 1.54) is 24.3 Å². The van der Waals surface area contributed by atoms with E-state index in [2.05, 4.69) is 15.4 Å². The summed E-state index contributed by atoms with van der Waals surface area (Å²) in [5.41, 5.74) is 6.42. The second-order valence-electron chi connectivity index (χ2n) is 9.15. The molecule has 0 aromatic heterocycles. The molecule has 0 radical (unpaired) electrons. The van der Waals surface area contributed by atoms with Crippen molar-refractivity contribution in [3.8, 4) is 0 Å². The standard InChI is InChI=1S/C23H30N4O5S/c1-23(2,3)32-22(29)25-17-11-15(12-17)13-21(28)26-20-10-9-16(14-19(20)24)27-33(30,31)18-7-5-4-6-8-18/h4-10,14-15,17,27H,11-13,24H2,1-3H3,(H,25,29)(H,26,28). The number of carbonyl (C=O) groups is 2. The molecule has 1 fully saturated rings. The molecule has 0 unspecified atom stereocenters. The number of nitrogens with one attached hydrogen (secondary N) is 3. The molecular formula is C23H30N4O5S. The zero-order valence-electron chi connectivity index (χ0n) is 18.9. The molecule has 0 bridgehead atoms. The minimum Gasteiger partial charge on any atom is -0.444 e. The van der Waals surface area contributed by atoms with Gasteiger partial charge in [0.2, 0.25) is 5.91 Å². The van der Waals surface area contributed by atoms with Gasteiger partial charge in [-0.15, -0.1) is 0 Å². The third-order valence-electron chi connectivity index (χ3n) is 5.06. The predicted octanol–water partition coefficient (Wildman–Crippen LogP) is 3.70. The van der Waals surface area contributed by atoms with Crippen molar-refractivity contribution >= 4 is 39.1 Å². The molecule has 10 heteroatoms. The van der Waals surface area contributed by atoms with E-state index in [1.807, 2.05) is 0 Å². The molecule has 2 aromatic rings. The number of benzene rings is 2. The van der Waals surface area contributed by atoms with Gasteiger partial charge < -0.3 is 21.1 Å². The van der Waals surface area contributed by atoms with E-state index in [1.54, 1.807) is 45.0 Å². The molecule has 178 valence electrons. The summed E-state index contributed by atoms with van der Waals surface area (Å²) in [6.45, 7) is 5.41. The summed E-state index contributed by atoms with van der Waals surface area (Å²) in [7, 11) is -3.73. The molecule has 0 atom stereocenters. The van der Waals surface area contributed by atoms with E-state index in [4.69, 9.17) is 10.5 Å². The molecule has 33 heavy (non-hydrogen) atoms. The lowest BCUT2D eigenvalue weighted by Gasteiger charge is -2.35. The fraction of sp³-hybridized carbons (Fsp3) is 0.391. The molecular weight excluding hydrogens is 444 g/mol. The van der Waals surface area contributed by atoms with Crippen LogP contribution in [0.2, 0.25) is 0 Å². The highest BCUT2D eigenvalue weighted by molar-refractivity contribution is 7.92. The van der Waals surface area contributed by atoms with Gasteiger partial charge in [-0.25, -0.2) is 13.2 Å². The van der Waals surface area contributed by atoms with Crippen LogP contribution in [0, 0.1) is 5.92 Å². The van der Waals surface area contributed by atoms with E-state index in [-0.39, 0.29) is 28.4 Å². The quantitative estimate of drug-likeness (QED) is 0.451. The first kappa shape index (κ1) is 24.4. The Morgan fingerprint density at radius 3 is 2.36 bits per heavy atom. The highest BCUT2D eigenvalue weighted by Gasteiger charge is 2.33. The second kappa shape index (κ2) is 9.70. The maximum absolute atomic E-state index is 12.4. The SMILES string of the molecule is CC(C)(C)OC(=O)NC1CC(CC(=O)Nc2ccc(NS(=O)(=O)c3ccccc3)cc2N)C1. The summed E-state index contributed by atoms with van der Waals surface area (Å²) >= 11 is 0. The van der Waals surface area contributed by atoms with Crippen LogP contribution >= 0.6 is 0 Å². The summed E-state index contributed by atoms with van der Waals surface area (Å²) < 4.78 is 32.6. The third kappa shape index (κ3) is 7.11. The highest BCUT2D eigenvalue weighted by Crippen LogP contribution is 2.32. The Hall–Kier alpha value is -3.27. The van der Waals surface area contributed by atoms with E-state index in [0.29, 0.717) is 30.6 Å². The van der Waals surface area contributed by atoms with Gasteiger partial charge >= 0.3 is 6.09 Å². The fourth-order valence-corrected chi connectivity index (χ4v) is 4.58. The molecule has 0 saturated heterocycles.